The molecule has 1 heterocycles. The van der Waals surface area contributed by atoms with Crippen LogP contribution in [0, 0.1) is 0 Å². The Morgan fingerprint density at radius 1 is 1.03 bits per heavy atom. The molecule has 0 atom stereocenters. The fourth-order valence-electron chi connectivity index (χ4n) is 3.24. The Kier molecular flexibility index (Phi) is 8.00. The Labute approximate surface area is 187 Å². The van der Waals surface area contributed by atoms with Gasteiger partial charge in [0.05, 0.1) is 23.6 Å². The third kappa shape index (κ3) is 6.49. The second kappa shape index (κ2) is 10.7. The summed E-state index contributed by atoms with van der Waals surface area (Å²) >= 11 is 6.23. The van der Waals surface area contributed by atoms with Crippen LogP contribution in [0.25, 0.3) is 0 Å². The van der Waals surface area contributed by atoms with Gasteiger partial charge < -0.3 is 19.7 Å². The summed E-state index contributed by atoms with van der Waals surface area (Å²) in [5, 5.41) is 3.24. The van der Waals surface area contributed by atoms with Crippen LogP contribution in [-0.2, 0) is 14.8 Å². The molecule has 1 aliphatic rings. The Hall–Kier alpha value is -2.49. The summed E-state index contributed by atoms with van der Waals surface area (Å²) in [6.45, 7) is 1.71. The van der Waals surface area contributed by atoms with Gasteiger partial charge in [0.25, 0.3) is 5.91 Å². The average molecular weight is 468 g/mol. The number of halogens is 1. The second-order valence-electron chi connectivity index (χ2n) is 6.97. The summed E-state index contributed by atoms with van der Waals surface area (Å²) in [6.07, 6.45) is 0. The molecule has 2 aromatic rings. The first-order valence-corrected chi connectivity index (χ1v) is 11.9. The minimum absolute atomic E-state index is 0.0257. The van der Waals surface area contributed by atoms with Crippen molar-refractivity contribution in [1.29, 1.82) is 0 Å². The van der Waals surface area contributed by atoms with Crippen molar-refractivity contribution in [2.45, 2.75) is 0 Å². The van der Waals surface area contributed by atoms with Gasteiger partial charge >= 0.3 is 0 Å². The molecule has 10 heteroatoms. The number of carbonyl (C=O) groups is 1. The van der Waals surface area contributed by atoms with Gasteiger partial charge in [-0.3, -0.25) is 4.79 Å². The van der Waals surface area contributed by atoms with Crippen LogP contribution in [0.2, 0.25) is 5.02 Å². The van der Waals surface area contributed by atoms with Crippen LogP contribution in [0.1, 0.15) is 0 Å². The van der Waals surface area contributed by atoms with Crippen molar-refractivity contribution in [2.75, 3.05) is 57.1 Å². The predicted octanol–water partition coefficient (Wildman–Crippen LogP) is 2.00. The van der Waals surface area contributed by atoms with Crippen molar-refractivity contribution in [1.82, 2.24) is 9.62 Å². The molecule has 0 bridgehead atoms. The third-order valence-electron chi connectivity index (χ3n) is 4.94. The smallest absolute Gasteiger partial charge is 0.257 e. The molecule has 1 N–H and O–H groups in total. The number of amides is 1. The van der Waals surface area contributed by atoms with E-state index >= 15 is 0 Å². The minimum atomic E-state index is -3.47. The number of ether oxygens (including phenoxy) is 2. The number of hydrogen-bond acceptors (Lipinski definition) is 6. The lowest BCUT2D eigenvalue weighted by Gasteiger charge is -2.35. The first kappa shape index (κ1) is 23.2. The molecule has 8 nitrogen and oxygen atoms in total. The van der Waals surface area contributed by atoms with E-state index in [1.807, 2.05) is 24.3 Å². The third-order valence-corrected chi connectivity index (χ3v) is 7.13. The number of para-hydroxylation sites is 1. The molecular formula is C21H26ClN3O5S. The largest absolute Gasteiger partial charge is 0.497 e. The van der Waals surface area contributed by atoms with Gasteiger partial charge in [0.1, 0.15) is 11.5 Å². The highest BCUT2D eigenvalue weighted by molar-refractivity contribution is 7.89. The summed E-state index contributed by atoms with van der Waals surface area (Å²) < 4.78 is 37.1. The van der Waals surface area contributed by atoms with Gasteiger partial charge in [-0.25, -0.2) is 8.42 Å². The van der Waals surface area contributed by atoms with Crippen LogP contribution in [0.3, 0.4) is 0 Å². The molecule has 31 heavy (non-hydrogen) atoms. The second-order valence-corrected chi connectivity index (χ2v) is 9.46. The zero-order valence-electron chi connectivity index (χ0n) is 17.3. The maximum atomic E-state index is 12.6. The van der Waals surface area contributed by atoms with E-state index in [2.05, 4.69) is 10.2 Å². The zero-order chi connectivity index (χ0) is 22.3. The van der Waals surface area contributed by atoms with Crippen LogP contribution >= 0.6 is 11.6 Å². The minimum Gasteiger partial charge on any atom is -0.497 e. The SMILES string of the molecule is COc1ccc(OCC(=O)NCCS(=O)(=O)N2CCN(c3ccccc3Cl)CC2)cc1. The van der Waals surface area contributed by atoms with Crippen LogP contribution in [0.5, 0.6) is 11.5 Å². The Morgan fingerprint density at radius 2 is 1.68 bits per heavy atom. The Balaban J connectivity index is 1.39. The van der Waals surface area contributed by atoms with Gasteiger partial charge in [0, 0.05) is 32.7 Å². The van der Waals surface area contributed by atoms with Crippen LogP contribution in [0.4, 0.5) is 5.69 Å². The number of nitrogens with one attached hydrogen (secondary N) is 1. The quantitative estimate of drug-likeness (QED) is 0.606. The van der Waals surface area contributed by atoms with Crippen molar-refractivity contribution in [3.63, 3.8) is 0 Å². The van der Waals surface area contributed by atoms with Gasteiger partial charge in [-0.1, -0.05) is 23.7 Å². The zero-order valence-corrected chi connectivity index (χ0v) is 18.9. The molecule has 0 radical (unpaired) electrons. The van der Waals surface area contributed by atoms with Gasteiger partial charge in [-0.15, -0.1) is 0 Å². The molecule has 168 valence electrons. The topological polar surface area (TPSA) is 88.2 Å². The van der Waals surface area contributed by atoms with Crippen molar-refractivity contribution in [2.24, 2.45) is 0 Å². The number of benzene rings is 2. The molecule has 1 amide bonds. The van der Waals surface area contributed by atoms with Gasteiger partial charge in [0.2, 0.25) is 10.0 Å². The summed E-state index contributed by atoms with van der Waals surface area (Å²) in [4.78, 5) is 14.0. The van der Waals surface area contributed by atoms with E-state index in [0.29, 0.717) is 42.7 Å². The van der Waals surface area contributed by atoms with E-state index in [1.54, 1.807) is 31.4 Å². The van der Waals surface area contributed by atoms with Crippen LogP contribution in [0.15, 0.2) is 48.5 Å². The molecule has 1 fully saturated rings. The normalized spacial score (nSPS) is 14.8. The molecule has 2 aromatic carbocycles. The number of hydrogen-bond donors (Lipinski definition) is 1. The first-order chi connectivity index (χ1) is 14.9. The molecule has 0 aromatic heterocycles. The number of carbonyl (C=O) groups excluding carboxylic acids is 1. The van der Waals surface area contributed by atoms with Gasteiger partial charge in [0.15, 0.2) is 6.61 Å². The Morgan fingerprint density at radius 3 is 2.32 bits per heavy atom. The monoisotopic (exact) mass is 467 g/mol. The number of sulfonamides is 1. The maximum Gasteiger partial charge on any atom is 0.257 e. The highest BCUT2D eigenvalue weighted by Crippen LogP contribution is 2.26. The maximum absolute atomic E-state index is 12.6. The average Bonchev–Trinajstić information content (AvgIpc) is 2.78. The highest BCUT2D eigenvalue weighted by atomic mass is 35.5. The van der Waals surface area contributed by atoms with Crippen molar-refractivity contribution < 1.29 is 22.7 Å². The molecule has 3 rings (SSSR count). The lowest BCUT2D eigenvalue weighted by atomic mass is 10.2. The van der Waals surface area contributed by atoms with E-state index < -0.39 is 10.0 Å². The first-order valence-electron chi connectivity index (χ1n) is 9.90. The summed E-state index contributed by atoms with van der Waals surface area (Å²) in [6, 6.07) is 14.4. The molecule has 1 saturated heterocycles. The van der Waals surface area contributed by atoms with E-state index in [-0.39, 0.29) is 24.8 Å². The van der Waals surface area contributed by atoms with E-state index in [9.17, 15) is 13.2 Å². The van der Waals surface area contributed by atoms with Gasteiger partial charge in [-0.2, -0.15) is 4.31 Å². The summed E-state index contributed by atoms with van der Waals surface area (Å²) in [5.41, 5.74) is 0.908. The van der Waals surface area contributed by atoms with Crippen LogP contribution in [-0.4, -0.2) is 70.8 Å². The highest BCUT2D eigenvalue weighted by Gasteiger charge is 2.27. The number of anilines is 1. The molecule has 0 unspecified atom stereocenters. The molecule has 0 saturated carbocycles. The van der Waals surface area contributed by atoms with Crippen LogP contribution < -0.4 is 19.7 Å². The lowest BCUT2D eigenvalue weighted by Crippen LogP contribution is -2.50. The molecule has 0 spiro atoms. The number of rotatable bonds is 9. The van der Waals surface area contributed by atoms with Crippen molar-refractivity contribution in [3.8, 4) is 11.5 Å². The standard InChI is InChI=1S/C21H26ClN3O5S/c1-29-17-6-8-18(9-7-17)30-16-21(26)23-10-15-31(27,28)25-13-11-24(12-14-25)20-5-3-2-4-19(20)22/h2-9H,10-16H2,1H3,(H,23,26). The van der Waals surface area contributed by atoms with E-state index in [4.69, 9.17) is 21.1 Å². The fraction of sp³-hybridized carbons (Fsp3) is 0.381. The molecule has 1 aliphatic heterocycles. The summed E-state index contributed by atoms with van der Waals surface area (Å²) in [7, 11) is -1.90. The van der Waals surface area contributed by atoms with E-state index in [0.717, 1.165) is 5.69 Å². The summed E-state index contributed by atoms with van der Waals surface area (Å²) in [5.74, 6) is 0.678. The number of nitrogens with zero attached hydrogens (tertiary/aromatic N) is 2. The molecular weight excluding hydrogens is 442 g/mol. The predicted molar refractivity (Wildman–Crippen MR) is 121 cm³/mol. The fourth-order valence-corrected chi connectivity index (χ4v) is 4.83. The molecule has 0 aliphatic carbocycles. The van der Waals surface area contributed by atoms with Crippen molar-refractivity contribution >= 4 is 33.2 Å². The van der Waals surface area contributed by atoms with E-state index in [1.165, 1.54) is 4.31 Å². The lowest BCUT2D eigenvalue weighted by molar-refractivity contribution is -0.122. The number of methoxy groups -OCH3 is 1. The van der Waals surface area contributed by atoms with Gasteiger partial charge in [-0.05, 0) is 36.4 Å². The Bertz CT molecular complexity index is 977. The number of piperazine rings is 1. The van der Waals surface area contributed by atoms with Crippen molar-refractivity contribution in [3.05, 3.63) is 53.6 Å².